The fourth-order valence-corrected chi connectivity index (χ4v) is 8.16. The minimum Gasteiger partial charge on any atom is -0.0852 e. The quantitative estimate of drug-likeness (QED) is 0.428. The molecule has 0 nitrogen and oxygen atoms in total. The highest BCUT2D eigenvalue weighted by atomic mass is 14.6. The largest absolute Gasteiger partial charge is 0.0852 e. The number of fused-ring (bicyclic) bond motifs is 5. The maximum atomic E-state index is 2.77. The van der Waals surface area contributed by atoms with E-state index in [4.69, 9.17) is 0 Å². The van der Waals surface area contributed by atoms with Crippen LogP contribution < -0.4 is 0 Å². The van der Waals surface area contributed by atoms with Crippen molar-refractivity contribution >= 4 is 0 Å². The Morgan fingerprint density at radius 3 is 2.36 bits per heavy atom. The van der Waals surface area contributed by atoms with E-state index in [0.717, 1.165) is 35.5 Å². The molecule has 0 saturated heterocycles. The first kappa shape index (κ1) is 20.7. The van der Waals surface area contributed by atoms with Crippen LogP contribution in [0, 0.1) is 52.3 Å². The molecule has 0 radical (unpaired) electrons. The van der Waals surface area contributed by atoms with Crippen molar-refractivity contribution in [3.63, 3.8) is 0 Å². The second-order valence-corrected chi connectivity index (χ2v) is 12.1. The smallest absolute Gasteiger partial charge is 0.0143 e. The van der Waals surface area contributed by atoms with Gasteiger partial charge in [-0.05, 0) is 97.2 Å². The van der Waals surface area contributed by atoms with Crippen molar-refractivity contribution in [2.75, 3.05) is 0 Å². The highest BCUT2D eigenvalue weighted by Crippen LogP contribution is 2.66. The average Bonchev–Trinajstić information content (AvgIpc) is 3.02. The molecule has 0 aliphatic heterocycles. The Morgan fingerprint density at radius 1 is 0.857 bits per heavy atom. The first-order valence-corrected chi connectivity index (χ1v) is 12.7. The fourth-order valence-electron chi connectivity index (χ4n) is 8.16. The van der Waals surface area contributed by atoms with Crippen LogP contribution >= 0.6 is 0 Å². The fraction of sp³-hybridized carbons (Fsp3) is 0.857. The lowest BCUT2D eigenvalue weighted by molar-refractivity contribution is -0.00481. The van der Waals surface area contributed by atoms with E-state index in [9.17, 15) is 0 Å². The summed E-state index contributed by atoms with van der Waals surface area (Å²) in [7, 11) is 0. The predicted octanol–water partition coefficient (Wildman–Crippen LogP) is 8.44. The summed E-state index contributed by atoms with van der Waals surface area (Å²) in [6.07, 6.45) is 21.1. The van der Waals surface area contributed by atoms with Crippen LogP contribution in [0.5, 0.6) is 0 Å². The standard InChI is InChI=1S/C28H46/c1-19(2)20(3)10-11-21(4)24-14-15-25-23-13-12-22-9-7-8-17-27(22,5)26(23)16-18-28(24,25)6/h10-11,13,19-22,24-26H,7-9,12,14-18H2,1-6H3/t20-,21+,22+,24+,25-,26-,27-,28+/m0/s1. The van der Waals surface area contributed by atoms with Crippen molar-refractivity contribution < 1.29 is 0 Å². The first-order valence-electron chi connectivity index (χ1n) is 12.7. The second-order valence-electron chi connectivity index (χ2n) is 12.1. The Kier molecular flexibility index (Phi) is 5.65. The molecule has 0 aromatic carbocycles. The summed E-state index contributed by atoms with van der Waals surface area (Å²) in [5.74, 6) is 5.84. The minimum absolute atomic E-state index is 0.547. The van der Waals surface area contributed by atoms with Gasteiger partial charge in [-0.15, -0.1) is 0 Å². The average molecular weight is 383 g/mol. The molecule has 0 heterocycles. The maximum Gasteiger partial charge on any atom is -0.0143 e. The van der Waals surface area contributed by atoms with Gasteiger partial charge in [0, 0.05) is 0 Å². The van der Waals surface area contributed by atoms with Gasteiger partial charge in [-0.2, -0.15) is 0 Å². The summed E-state index contributed by atoms with van der Waals surface area (Å²) >= 11 is 0. The molecule has 0 aromatic rings. The highest BCUT2D eigenvalue weighted by molar-refractivity contribution is 5.27. The molecule has 3 saturated carbocycles. The number of rotatable bonds is 4. The monoisotopic (exact) mass is 382 g/mol. The van der Waals surface area contributed by atoms with E-state index in [1.807, 2.05) is 5.57 Å². The van der Waals surface area contributed by atoms with Gasteiger partial charge in [0.1, 0.15) is 0 Å². The summed E-state index contributed by atoms with van der Waals surface area (Å²) in [4.78, 5) is 0. The molecule has 8 atom stereocenters. The van der Waals surface area contributed by atoms with E-state index < -0.39 is 0 Å². The van der Waals surface area contributed by atoms with Crippen LogP contribution in [-0.4, -0.2) is 0 Å². The summed E-state index contributed by atoms with van der Waals surface area (Å²) in [6.45, 7) is 15.0. The van der Waals surface area contributed by atoms with E-state index >= 15 is 0 Å². The minimum atomic E-state index is 0.547. The molecule has 0 aromatic heterocycles. The molecule has 158 valence electrons. The van der Waals surface area contributed by atoms with Gasteiger partial charge in [-0.25, -0.2) is 0 Å². The molecule has 4 rings (SSSR count). The van der Waals surface area contributed by atoms with E-state index in [1.165, 1.54) is 57.8 Å². The molecule has 0 bridgehead atoms. The van der Waals surface area contributed by atoms with Crippen molar-refractivity contribution in [1.82, 2.24) is 0 Å². The van der Waals surface area contributed by atoms with Gasteiger partial charge in [-0.3, -0.25) is 0 Å². The second kappa shape index (κ2) is 7.63. The van der Waals surface area contributed by atoms with Crippen LogP contribution in [0.15, 0.2) is 23.8 Å². The molecule has 0 amide bonds. The lowest BCUT2D eigenvalue weighted by atomic mass is 9.48. The van der Waals surface area contributed by atoms with E-state index in [1.54, 1.807) is 0 Å². The molecule has 0 N–H and O–H groups in total. The van der Waals surface area contributed by atoms with Crippen LogP contribution in [0.3, 0.4) is 0 Å². The zero-order chi connectivity index (χ0) is 20.1. The molecule has 28 heavy (non-hydrogen) atoms. The molecular weight excluding hydrogens is 336 g/mol. The first-order chi connectivity index (χ1) is 13.3. The number of hydrogen-bond acceptors (Lipinski definition) is 0. The topological polar surface area (TPSA) is 0 Å². The van der Waals surface area contributed by atoms with Crippen LogP contribution in [-0.2, 0) is 0 Å². The Hall–Kier alpha value is -0.520. The molecular formula is C28H46. The number of allylic oxidation sites excluding steroid dienone is 4. The van der Waals surface area contributed by atoms with Crippen molar-refractivity contribution in [2.45, 2.75) is 99.3 Å². The Labute approximate surface area is 175 Å². The normalized spacial score (nSPS) is 45.3. The van der Waals surface area contributed by atoms with Crippen LogP contribution in [0.2, 0.25) is 0 Å². The van der Waals surface area contributed by atoms with Crippen LogP contribution in [0.25, 0.3) is 0 Å². The summed E-state index contributed by atoms with van der Waals surface area (Å²) in [5, 5.41) is 0. The molecule has 4 aliphatic carbocycles. The highest BCUT2D eigenvalue weighted by Gasteiger charge is 2.57. The van der Waals surface area contributed by atoms with E-state index in [-0.39, 0.29) is 0 Å². The zero-order valence-corrected chi connectivity index (χ0v) is 19.6. The molecule has 0 spiro atoms. The van der Waals surface area contributed by atoms with Crippen molar-refractivity contribution in [2.24, 2.45) is 52.3 Å². The Balaban J connectivity index is 1.54. The van der Waals surface area contributed by atoms with E-state index in [2.05, 4.69) is 59.8 Å². The van der Waals surface area contributed by atoms with E-state index in [0.29, 0.717) is 16.7 Å². The van der Waals surface area contributed by atoms with Gasteiger partial charge >= 0.3 is 0 Å². The molecule has 3 fully saturated rings. The Bertz CT molecular complexity index is 624. The predicted molar refractivity (Wildman–Crippen MR) is 122 cm³/mol. The van der Waals surface area contributed by atoms with Gasteiger partial charge in [0.15, 0.2) is 0 Å². The maximum absolute atomic E-state index is 2.77. The SMILES string of the molecule is CC(C)[C@@H](C)C=C[C@@H](C)[C@H]1CC[C@H]2C3=CC[C@H]4CCCC[C@]4(C)[C@H]3CC[C@]12C. The number of hydrogen-bond donors (Lipinski definition) is 0. The van der Waals surface area contributed by atoms with Crippen molar-refractivity contribution in [3.05, 3.63) is 23.8 Å². The van der Waals surface area contributed by atoms with Gasteiger partial charge in [-0.1, -0.05) is 78.2 Å². The van der Waals surface area contributed by atoms with Gasteiger partial charge in [0.25, 0.3) is 0 Å². The third-order valence-corrected chi connectivity index (χ3v) is 10.5. The van der Waals surface area contributed by atoms with Crippen molar-refractivity contribution in [1.29, 1.82) is 0 Å². The summed E-state index contributed by atoms with van der Waals surface area (Å²) in [5.41, 5.74) is 3.11. The van der Waals surface area contributed by atoms with Crippen LogP contribution in [0.4, 0.5) is 0 Å². The summed E-state index contributed by atoms with van der Waals surface area (Å²) in [6, 6.07) is 0. The van der Waals surface area contributed by atoms with Gasteiger partial charge in [0.2, 0.25) is 0 Å². The molecule has 4 aliphatic rings. The molecule has 0 unspecified atom stereocenters. The van der Waals surface area contributed by atoms with Gasteiger partial charge in [0.05, 0.1) is 0 Å². The third-order valence-electron chi connectivity index (χ3n) is 10.5. The summed E-state index contributed by atoms with van der Waals surface area (Å²) < 4.78 is 0. The lowest BCUT2D eigenvalue weighted by Gasteiger charge is -2.57. The molecule has 0 heteroatoms. The van der Waals surface area contributed by atoms with Crippen molar-refractivity contribution in [3.8, 4) is 0 Å². The third kappa shape index (κ3) is 3.26. The van der Waals surface area contributed by atoms with Gasteiger partial charge < -0.3 is 0 Å². The Morgan fingerprint density at radius 2 is 1.61 bits per heavy atom. The lowest BCUT2D eigenvalue weighted by Crippen LogP contribution is -2.48. The van der Waals surface area contributed by atoms with Crippen LogP contribution in [0.1, 0.15) is 99.3 Å². The zero-order valence-electron chi connectivity index (χ0n) is 19.6.